The van der Waals surface area contributed by atoms with Gasteiger partial charge in [0.1, 0.15) is 17.2 Å². The van der Waals surface area contributed by atoms with Gasteiger partial charge in [0.25, 0.3) is 11.9 Å². The number of anilines is 2. The van der Waals surface area contributed by atoms with Crippen molar-refractivity contribution in [3.8, 4) is 11.5 Å². The topological polar surface area (TPSA) is 43.4 Å². The van der Waals surface area contributed by atoms with E-state index >= 15 is 0 Å². The summed E-state index contributed by atoms with van der Waals surface area (Å²) in [4.78, 5) is 2.47. The minimum Gasteiger partial charge on any atom is -0.497 e. The zero-order valence-electron chi connectivity index (χ0n) is 11.0. The third kappa shape index (κ3) is 2.83. The van der Waals surface area contributed by atoms with Crippen molar-refractivity contribution < 1.29 is 27.0 Å². The molecule has 0 saturated carbocycles. The predicted octanol–water partition coefficient (Wildman–Crippen LogP) is 3.40. The van der Waals surface area contributed by atoms with Gasteiger partial charge in [-0.3, -0.25) is 0 Å². The zero-order chi connectivity index (χ0) is 15.6. The van der Waals surface area contributed by atoms with E-state index in [1.807, 2.05) is 0 Å². The number of aromatic nitrogens is 1. The van der Waals surface area contributed by atoms with Gasteiger partial charge in [-0.2, -0.15) is 22.5 Å². The van der Waals surface area contributed by atoms with Crippen LogP contribution in [-0.4, -0.2) is 19.2 Å². The number of nitrogens with zero attached hydrogens (tertiary/aromatic N) is 1. The molecule has 1 heterocycles. The Kier molecular flexibility index (Phi) is 4.15. The monoisotopic (exact) mass is 302 g/mol. The Morgan fingerprint density at radius 1 is 0.952 bits per heavy atom. The van der Waals surface area contributed by atoms with E-state index in [1.165, 1.54) is 26.4 Å². The van der Waals surface area contributed by atoms with Gasteiger partial charge in [-0.25, -0.2) is 0 Å². The molecule has 1 N–H and O–H groups in total. The molecule has 0 aliphatic heterocycles. The first-order valence-corrected chi connectivity index (χ1v) is 5.67. The smallest absolute Gasteiger partial charge is 0.253 e. The van der Waals surface area contributed by atoms with Gasteiger partial charge in [-0.15, -0.1) is 0 Å². The van der Waals surface area contributed by atoms with Gasteiger partial charge in [0, 0.05) is 6.07 Å². The molecule has 0 unspecified atom stereocenters. The second kappa shape index (κ2) is 5.86. The highest BCUT2D eigenvalue weighted by Gasteiger charge is 2.21. The van der Waals surface area contributed by atoms with Gasteiger partial charge in [0.2, 0.25) is 11.6 Å². The quantitative estimate of drug-likeness (QED) is 0.694. The molecule has 2 rings (SSSR count). The molecule has 0 saturated heterocycles. The first-order chi connectivity index (χ1) is 9.97. The van der Waals surface area contributed by atoms with Crippen molar-refractivity contribution in [2.45, 2.75) is 0 Å². The van der Waals surface area contributed by atoms with Crippen LogP contribution in [0.2, 0.25) is 0 Å². The predicted molar refractivity (Wildman–Crippen MR) is 66.9 cm³/mol. The fraction of sp³-hybridized carbons (Fsp3) is 0.154. The Morgan fingerprint density at radius 3 is 2.10 bits per heavy atom. The van der Waals surface area contributed by atoms with Gasteiger partial charge in [0.05, 0.1) is 19.9 Å². The summed E-state index contributed by atoms with van der Waals surface area (Å²) in [5.41, 5.74) is -0.939. The molecule has 0 atom stereocenters. The normalized spacial score (nSPS) is 10.4. The maximum Gasteiger partial charge on any atom is 0.253 e. The Bertz CT molecular complexity index is 653. The van der Waals surface area contributed by atoms with Crippen LogP contribution in [0.1, 0.15) is 0 Å². The third-order valence-corrected chi connectivity index (χ3v) is 2.66. The van der Waals surface area contributed by atoms with E-state index in [4.69, 9.17) is 9.47 Å². The number of nitrogens with one attached hydrogen (secondary N) is 1. The highest BCUT2D eigenvalue weighted by atomic mass is 19.2. The highest BCUT2D eigenvalue weighted by Crippen LogP contribution is 2.33. The maximum atomic E-state index is 13.6. The van der Waals surface area contributed by atoms with Crippen LogP contribution in [0, 0.1) is 23.5 Å². The molecule has 1 aromatic heterocycles. The highest BCUT2D eigenvalue weighted by molar-refractivity contribution is 5.68. The lowest BCUT2D eigenvalue weighted by molar-refractivity contribution is 0.403. The summed E-state index contributed by atoms with van der Waals surface area (Å²) in [5, 5.41) is 2.24. The standard InChI is InChI=1S/C13H10F4N2O2/c1-20-6-3-4-8(21-2)7(5-6)18-11-9(14)12(16)19-13(17)10(11)15/h3-5H,1-2H3,(H,18,19). The average molecular weight is 302 g/mol. The molecule has 0 fully saturated rings. The molecule has 8 heteroatoms. The number of methoxy groups -OCH3 is 2. The second-order valence-corrected chi connectivity index (χ2v) is 3.89. The lowest BCUT2D eigenvalue weighted by Crippen LogP contribution is -2.06. The van der Waals surface area contributed by atoms with Gasteiger partial charge in [-0.1, -0.05) is 0 Å². The number of halogens is 4. The molecular weight excluding hydrogens is 292 g/mol. The van der Waals surface area contributed by atoms with Crippen LogP contribution in [-0.2, 0) is 0 Å². The summed E-state index contributed by atoms with van der Waals surface area (Å²) in [7, 11) is 2.71. The molecule has 112 valence electrons. The van der Waals surface area contributed by atoms with E-state index in [9.17, 15) is 17.6 Å². The Labute approximate surface area is 117 Å². The summed E-state index contributed by atoms with van der Waals surface area (Å²) in [5.74, 6) is -6.23. The summed E-state index contributed by atoms with van der Waals surface area (Å²) in [6.45, 7) is 0. The number of rotatable bonds is 4. The van der Waals surface area contributed by atoms with Crippen molar-refractivity contribution in [2.24, 2.45) is 0 Å². The molecule has 1 aromatic carbocycles. The van der Waals surface area contributed by atoms with Crippen LogP contribution in [0.25, 0.3) is 0 Å². The Balaban J connectivity index is 2.52. The number of pyridine rings is 1. The molecule has 0 amide bonds. The van der Waals surface area contributed by atoms with Gasteiger partial charge < -0.3 is 14.8 Å². The Hall–Kier alpha value is -2.51. The molecule has 0 bridgehead atoms. The molecule has 0 aliphatic rings. The molecule has 2 aromatic rings. The summed E-state index contributed by atoms with van der Waals surface area (Å²) in [6.07, 6.45) is 0. The van der Waals surface area contributed by atoms with E-state index in [-0.39, 0.29) is 11.4 Å². The van der Waals surface area contributed by atoms with Crippen molar-refractivity contribution in [3.05, 3.63) is 41.7 Å². The zero-order valence-corrected chi connectivity index (χ0v) is 11.0. The molecule has 0 radical (unpaired) electrons. The van der Waals surface area contributed by atoms with Crippen LogP contribution in [0.3, 0.4) is 0 Å². The molecular formula is C13H10F4N2O2. The van der Waals surface area contributed by atoms with Crippen LogP contribution in [0.4, 0.5) is 28.9 Å². The van der Waals surface area contributed by atoms with E-state index in [2.05, 4.69) is 10.3 Å². The van der Waals surface area contributed by atoms with E-state index in [0.717, 1.165) is 0 Å². The van der Waals surface area contributed by atoms with Gasteiger partial charge in [0.15, 0.2) is 0 Å². The van der Waals surface area contributed by atoms with Crippen molar-refractivity contribution in [3.63, 3.8) is 0 Å². The van der Waals surface area contributed by atoms with Crippen LogP contribution >= 0.6 is 0 Å². The second-order valence-electron chi connectivity index (χ2n) is 3.89. The first kappa shape index (κ1) is 14.9. The van der Waals surface area contributed by atoms with Crippen molar-refractivity contribution >= 4 is 11.4 Å². The van der Waals surface area contributed by atoms with Gasteiger partial charge in [-0.05, 0) is 12.1 Å². The van der Waals surface area contributed by atoms with Crippen molar-refractivity contribution in [1.29, 1.82) is 0 Å². The minimum absolute atomic E-state index is 0.0691. The van der Waals surface area contributed by atoms with E-state index in [0.29, 0.717) is 5.75 Å². The SMILES string of the molecule is COc1ccc(OC)c(Nc2c(F)c(F)nc(F)c2F)c1. The average Bonchev–Trinajstić information content (AvgIpc) is 2.49. The number of hydrogen-bond donors (Lipinski definition) is 1. The van der Waals surface area contributed by atoms with Crippen LogP contribution < -0.4 is 14.8 Å². The number of ether oxygens (including phenoxy) is 2. The fourth-order valence-corrected chi connectivity index (χ4v) is 1.64. The minimum atomic E-state index is -1.75. The number of benzene rings is 1. The molecule has 4 nitrogen and oxygen atoms in total. The van der Waals surface area contributed by atoms with Crippen molar-refractivity contribution in [1.82, 2.24) is 4.98 Å². The number of hydrogen-bond acceptors (Lipinski definition) is 4. The lowest BCUT2D eigenvalue weighted by Gasteiger charge is -2.14. The fourth-order valence-electron chi connectivity index (χ4n) is 1.64. The maximum absolute atomic E-state index is 13.6. The van der Waals surface area contributed by atoms with E-state index in [1.54, 1.807) is 6.07 Å². The molecule has 0 aliphatic carbocycles. The summed E-state index contributed by atoms with van der Waals surface area (Å²) >= 11 is 0. The van der Waals surface area contributed by atoms with Crippen molar-refractivity contribution in [2.75, 3.05) is 19.5 Å². The Morgan fingerprint density at radius 2 is 1.57 bits per heavy atom. The largest absolute Gasteiger partial charge is 0.497 e. The summed E-state index contributed by atoms with van der Waals surface area (Å²) in [6, 6.07) is 4.36. The third-order valence-electron chi connectivity index (χ3n) is 2.66. The summed E-state index contributed by atoms with van der Waals surface area (Å²) < 4.78 is 63.2. The first-order valence-electron chi connectivity index (χ1n) is 5.67. The molecule has 0 spiro atoms. The lowest BCUT2D eigenvalue weighted by atomic mass is 10.2. The van der Waals surface area contributed by atoms with Crippen LogP contribution in [0.15, 0.2) is 18.2 Å². The van der Waals surface area contributed by atoms with E-state index < -0.39 is 29.2 Å². The molecule has 21 heavy (non-hydrogen) atoms. The van der Waals surface area contributed by atoms with Gasteiger partial charge >= 0.3 is 0 Å². The van der Waals surface area contributed by atoms with Crippen LogP contribution in [0.5, 0.6) is 11.5 Å².